The number of carbonyl (C=O) groups is 2. The number of aliphatic carboxylic acids is 1. The second-order valence-electron chi connectivity index (χ2n) is 4.64. The van der Waals surface area contributed by atoms with Gasteiger partial charge in [-0.25, -0.2) is 0 Å². The quantitative estimate of drug-likeness (QED) is 0.721. The van der Waals surface area contributed by atoms with Gasteiger partial charge in [0.25, 0.3) is 0 Å². The van der Waals surface area contributed by atoms with Crippen molar-refractivity contribution in [3.8, 4) is 0 Å². The Morgan fingerprint density at radius 3 is 2.58 bits per heavy atom. The van der Waals surface area contributed by atoms with Crippen LogP contribution in [0.3, 0.4) is 0 Å². The minimum absolute atomic E-state index is 0.00925. The van der Waals surface area contributed by atoms with Crippen molar-refractivity contribution in [2.75, 3.05) is 6.54 Å². The first-order chi connectivity index (χ1) is 8.99. The Kier molecular flexibility index (Phi) is 6.56. The van der Waals surface area contributed by atoms with E-state index in [1.54, 1.807) is 11.3 Å². The highest BCUT2D eigenvalue weighted by molar-refractivity contribution is 7.12. The summed E-state index contributed by atoms with van der Waals surface area (Å²) in [5, 5.41) is 11.2. The number of rotatable bonds is 8. The summed E-state index contributed by atoms with van der Waals surface area (Å²) >= 11 is 1.79. The minimum Gasteiger partial charge on any atom is -0.481 e. The summed E-state index contributed by atoms with van der Waals surface area (Å²) in [5.74, 6) is -0.812. The first kappa shape index (κ1) is 15.7. The van der Waals surface area contributed by atoms with Crippen molar-refractivity contribution in [1.29, 1.82) is 0 Å². The maximum atomic E-state index is 11.5. The van der Waals surface area contributed by atoms with E-state index in [0.717, 1.165) is 12.8 Å². The van der Waals surface area contributed by atoms with Crippen molar-refractivity contribution < 1.29 is 14.7 Å². The molecular formula is C14H21NO3S. The number of carboxylic acids is 1. The largest absolute Gasteiger partial charge is 0.481 e. The number of thiophene rings is 1. The van der Waals surface area contributed by atoms with E-state index in [4.69, 9.17) is 5.11 Å². The minimum atomic E-state index is -0.822. The third-order valence-electron chi connectivity index (χ3n) is 2.88. The van der Waals surface area contributed by atoms with Gasteiger partial charge in [0.15, 0.2) is 0 Å². The normalized spacial score (nSPS) is 10.4. The molecule has 106 valence electrons. The van der Waals surface area contributed by atoms with Crippen LogP contribution in [-0.4, -0.2) is 23.5 Å². The summed E-state index contributed by atoms with van der Waals surface area (Å²) in [4.78, 5) is 24.5. The second-order valence-corrected chi connectivity index (χ2v) is 6.10. The molecule has 1 aromatic heterocycles. The molecule has 1 aromatic rings. The van der Waals surface area contributed by atoms with Crippen LogP contribution in [0.25, 0.3) is 0 Å². The topological polar surface area (TPSA) is 66.4 Å². The second kappa shape index (κ2) is 7.94. The molecule has 1 heterocycles. The van der Waals surface area contributed by atoms with Gasteiger partial charge in [-0.1, -0.05) is 0 Å². The first-order valence-electron chi connectivity index (χ1n) is 6.53. The lowest BCUT2D eigenvalue weighted by Crippen LogP contribution is -2.24. The van der Waals surface area contributed by atoms with Gasteiger partial charge >= 0.3 is 5.97 Å². The maximum absolute atomic E-state index is 11.5. The van der Waals surface area contributed by atoms with Crippen LogP contribution in [0, 0.1) is 13.8 Å². The zero-order valence-electron chi connectivity index (χ0n) is 11.5. The number of hydrogen-bond donors (Lipinski definition) is 2. The molecule has 0 atom stereocenters. The van der Waals surface area contributed by atoms with E-state index in [-0.39, 0.29) is 12.3 Å². The van der Waals surface area contributed by atoms with E-state index < -0.39 is 5.97 Å². The summed E-state index contributed by atoms with van der Waals surface area (Å²) in [5.41, 5.74) is 1.33. The van der Waals surface area contributed by atoms with E-state index in [2.05, 4.69) is 25.2 Å². The molecule has 0 spiro atoms. The molecule has 0 fully saturated rings. The predicted octanol–water partition coefficient (Wildman–Crippen LogP) is 2.67. The zero-order valence-corrected chi connectivity index (χ0v) is 12.3. The third kappa shape index (κ3) is 6.38. The molecule has 0 aliphatic heterocycles. The van der Waals surface area contributed by atoms with Crippen LogP contribution in [0.15, 0.2) is 6.07 Å². The molecule has 0 aliphatic carbocycles. The van der Waals surface area contributed by atoms with Crippen LogP contribution in [0.1, 0.15) is 41.0 Å². The summed E-state index contributed by atoms with van der Waals surface area (Å²) in [6.07, 6.45) is 2.86. The van der Waals surface area contributed by atoms with Crippen molar-refractivity contribution in [2.45, 2.75) is 46.0 Å². The Balaban J connectivity index is 2.13. The molecule has 4 nitrogen and oxygen atoms in total. The van der Waals surface area contributed by atoms with Crippen LogP contribution in [0.4, 0.5) is 0 Å². The van der Waals surface area contributed by atoms with Crippen molar-refractivity contribution in [2.24, 2.45) is 0 Å². The molecule has 5 heteroatoms. The molecule has 0 aliphatic rings. The first-order valence-corrected chi connectivity index (χ1v) is 7.35. The number of hydrogen-bond acceptors (Lipinski definition) is 3. The van der Waals surface area contributed by atoms with Gasteiger partial charge in [-0.2, -0.15) is 0 Å². The highest BCUT2D eigenvalue weighted by Gasteiger charge is 2.05. The van der Waals surface area contributed by atoms with Gasteiger partial charge in [-0.05, 0) is 44.7 Å². The monoisotopic (exact) mass is 283 g/mol. The van der Waals surface area contributed by atoms with Crippen LogP contribution in [-0.2, 0) is 16.0 Å². The van der Waals surface area contributed by atoms with E-state index in [9.17, 15) is 9.59 Å². The van der Waals surface area contributed by atoms with E-state index >= 15 is 0 Å². The van der Waals surface area contributed by atoms with Crippen LogP contribution < -0.4 is 5.32 Å². The molecule has 0 bridgehead atoms. The van der Waals surface area contributed by atoms with Gasteiger partial charge in [-0.3, -0.25) is 9.59 Å². The highest BCUT2D eigenvalue weighted by Crippen LogP contribution is 2.22. The smallest absolute Gasteiger partial charge is 0.303 e. The number of nitrogens with one attached hydrogen (secondary N) is 1. The van der Waals surface area contributed by atoms with Gasteiger partial charge < -0.3 is 10.4 Å². The molecule has 0 radical (unpaired) electrons. The van der Waals surface area contributed by atoms with Gasteiger partial charge in [0, 0.05) is 29.1 Å². The number of aryl methyl sites for hydroxylation is 3. The third-order valence-corrected chi connectivity index (χ3v) is 3.89. The fourth-order valence-corrected chi connectivity index (χ4v) is 2.90. The molecular weight excluding hydrogens is 262 g/mol. The molecule has 1 amide bonds. The fraction of sp³-hybridized carbons (Fsp3) is 0.571. The van der Waals surface area contributed by atoms with Crippen molar-refractivity contribution in [3.63, 3.8) is 0 Å². The van der Waals surface area contributed by atoms with E-state index in [1.807, 2.05) is 0 Å². The molecule has 0 aromatic carbocycles. The Labute approximate surface area is 117 Å². The molecule has 0 saturated carbocycles. The average Bonchev–Trinajstić information content (AvgIpc) is 2.63. The highest BCUT2D eigenvalue weighted by atomic mass is 32.1. The maximum Gasteiger partial charge on any atom is 0.303 e. The van der Waals surface area contributed by atoms with E-state index in [0.29, 0.717) is 19.4 Å². The zero-order chi connectivity index (χ0) is 14.3. The standard InChI is InChI=1S/C14H21NO3S/c1-10-9-12(11(2)19-10)5-3-6-13(16)15-8-4-7-14(17)18/h9H,3-8H2,1-2H3,(H,15,16)(H,17,18). The molecule has 19 heavy (non-hydrogen) atoms. The van der Waals surface area contributed by atoms with Gasteiger partial charge in [0.1, 0.15) is 0 Å². The number of amides is 1. The summed E-state index contributed by atoms with van der Waals surface area (Å²) in [6, 6.07) is 2.19. The Morgan fingerprint density at radius 2 is 2.00 bits per heavy atom. The lowest BCUT2D eigenvalue weighted by molar-refractivity contribution is -0.137. The Morgan fingerprint density at radius 1 is 1.26 bits per heavy atom. The summed E-state index contributed by atoms with van der Waals surface area (Å²) in [6.45, 7) is 4.65. The molecule has 1 rings (SSSR count). The van der Waals surface area contributed by atoms with Crippen molar-refractivity contribution in [1.82, 2.24) is 5.32 Å². The number of carbonyl (C=O) groups excluding carboxylic acids is 1. The molecule has 0 saturated heterocycles. The van der Waals surface area contributed by atoms with Crippen molar-refractivity contribution in [3.05, 3.63) is 21.4 Å². The Bertz CT molecular complexity index is 440. The lowest BCUT2D eigenvalue weighted by atomic mass is 10.1. The predicted molar refractivity (Wildman–Crippen MR) is 76.6 cm³/mol. The van der Waals surface area contributed by atoms with Gasteiger partial charge in [0.05, 0.1) is 0 Å². The average molecular weight is 283 g/mol. The molecule has 2 N–H and O–H groups in total. The van der Waals surface area contributed by atoms with Crippen LogP contribution in [0.2, 0.25) is 0 Å². The number of carboxylic acid groups (broad SMARTS) is 1. The molecule has 0 unspecified atom stereocenters. The van der Waals surface area contributed by atoms with Crippen LogP contribution >= 0.6 is 11.3 Å². The van der Waals surface area contributed by atoms with Crippen LogP contribution in [0.5, 0.6) is 0 Å². The SMILES string of the molecule is Cc1cc(CCCC(=O)NCCCC(=O)O)c(C)s1. The van der Waals surface area contributed by atoms with Gasteiger partial charge in [0.2, 0.25) is 5.91 Å². The summed E-state index contributed by atoms with van der Waals surface area (Å²) < 4.78 is 0. The van der Waals surface area contributed by atoms with E-state index in [1.165, 1.54) is 15.3 Å². The lowest BCUT2D eigenvalue weighted by Gasteiger charge is -2.04. The fourth-order valence-electron chi connectivity index (χ4n) is 1.93. The van der Waals surface area contributed by atoms with Gasteiger partial charge in [-0.15, -0.1) is 11.3 Å². The Hall–Kier alpha value is -1.36. The van der Waals surface area contributed by atoms with Crippen molar-refractivity contribution >= 4 is 23.2 Å². The summed E-state index contributed by atoms with van der Waals surface area (Å²) in [7, 11) is 0.